The maximum atomic E-state index is 10.7. The van der Waals surface area contributed by atoms with Crippen molar-refractivity contribution in [3.63, 3.8) is 0 Å². The summed E-state index contributed by atoms with van der Waals surface area (Å²) in [5.74, 6) is 0. The van der Waals surface area contributed by atoms with Crippen LogP contribution in [-0.4, -0.2) is 32.8 Å². The first-order chi connectivity index (χ1) is 5.36. The second-order valence-electron chi connectivity index (χ2n) is 1.16. The topological polar surface area (TPSA) is 66.8 Å². The SMILES string of the molecule is [2H]C1N(C(=O)O)S(=O)OC1([2H])[2H]. The summed E-state index contributed by atoms with van der Waals surface area (Å²) in [4.78, 5) is 10.3. The van der Waals surface area contributed by atoms with E-state index < -0.39 is 30.4 Å². The molecule has 6 heteroatoms. The molecule has 0 radical (unpaired) electrons. The number of nitrogens with zero attached hydrogens (tertiary/aromatic N) is 1. The average molecular weight is 154 g/mol. The van der Waals surface area contributed by atoms with Crippen molar-refractivity contribution < 1.29 is 22.4 Å². The first-order valence-corrected chi connectivity index (χ1v) is 2.95. The van der Waals surface area contributed by atoms with Gasteiger partial charge in [-0.2, -0.15) is 0 Å². The molecule has 0 aromatic rings. The van der Waals surface area contributed by atoms with Crippen LogP contribution in [0.15, 0.2) is 0 Å². The Labute approximate surface area is 58.2 Å². The van der Waals surface area contributed by atoms with Crippen LogP contribution in [0.4, 0.5) is 4.79 Å². The first-order valence-electron chi connectivity index (χ1n) is 3.50. The van der Waals surface area contributed by atoms with E-state index in [1.54, 1.807) is 0 Å². The van der Waals surface area contributed by atoms with Crippen LogP contribution in [-0.2, 0) is 15.4 Å². The van der Waals surface area contributed by atoms with Gasteiger partial charge in [0.1, 0.15) is 0 Å². The molecule has 1 fully saturated rings. The van der Waals surface area contributed by atoms with Crippen LogP contribution < -0.4 is 0 Å². The van der Waals surface area contributed by atoms with Crippen LogP contribution in [0.25, 0.3) is 0 Å². The molecule has 0 saturated carbocycles. The standard InChI is InChI=1S/C3H5NO4S/c5-3(6)4-1-2-8-9(4)7/h1-2H2,(H,5,6)/i1D,2D2. The molecule has 0 bridgehead atoms. The Balaban J connectivity index is 2.92. The molecule has 1 aliphatic heterocycles. The van der Waals surface area contributed by atoms with Crippen molar-refractivity contribution in [1.82, 2.24) is 4.31 Å². The second-order valence-corrected chi connectivity index (χ2v) is 2.15. The van der Waals surface area contributed by atoms with Crippen molar-refractivity contribution in [2.75, 3.05) is 13.1 Å². The molecule has 1 rings (SSSR count). The van der Waals surface area contributed by atoms with E-state index in [-0.39, 0.29) is 4.31 Å². The molecule has 9 heavy (non-hydrogen) atoms. The van der Waals surface area contributed by atoms with Gasteiger partial charge < -0.3 is 5.11 Å². The van der Waals surface area contributed by atoms with E-state index in [2.05, 4.69) is 4.18 Å². The van der Waals surface area contributed by atoms with Gasteiger partial charge in [0.15, 0.2) is 0 Å². The summed E-state index contributed by atoms with van der Waals surface area (Å²) in [5.41, 5.74) is 0. The maximum absolute atomic E-state index is 10.7. The molecule has 1 saturated heterocycles. The van der Waals surface area contributed by atoms with Crippen molar-refractivity contribution in [2.24, 2.45) is 0 Å². The number of hydrogen-bond donors (Lipinski definition) is 1. The zero-order chi connectivity index (χ0) is 9.52. The fraction of sp³-hybridized carbons (Fsp3) is 0.667. The lowest BCUT2D eigenvalue weighted by Gasteiger charge is -2.03. The number of carboxylic acid groups (broad SMARTS) is 1. The van der Waals surface area contributed by atoms with Gasteiger partial charge in [-0.25, -0.2) is 13.3 Å². The summed E-state index contributed by atoms with van der Waals surface area (Å²) in [6, 6.07) is 0. The normalized spacial score (nSPS) is 45.3. The molecular formula is C3H5NO4S. The van der Waals surface area contributed by atoms with Crippen molar-refractivity contribution in [3.05, 3.63) is 0 Å². The van der Waals surface area contributed by atoms with Gasteiger partial charge in [0.2, 0.25) is 0 Å². The minimum Gasteiger partial charge on any atom is -0.464 e. The minimum atomic E-state index is -2.51. The van der Waals surface area contributed by atoms with Crippen LogP contribution >= 0.6 is 0 Å². The Morgan fingerprint density at radius 1 is 2.00 bits per heavy atom. The lowest BCUT2D eigenvalue weighted by atomic mass is 10.7. The Morgan fingerprint density at radius 3 is 2.89 bits per heavy atom. The summed E-state index contributed by atoms with van der Waals surface area (Å²) in [6.45, 7) is -4.32. The van der Waals surface area contributed by atoms with Gasteiger partial charge in [0.05, 0.1) is 17.2 Å². The van der Waals surface area contributed by atoms with E-state index >= 15 is 0 Å². The van der Waals surface area contributed by atoms with E-state index in [9.17, 15) is 9.00 Å². The fourth-order valence-corrected chi connectivity index (χ4v) is 0.775. The van der Waals surface area contributed by atoms with Gasteiger partial charge in [-0.1, -0.05) is 0 Å². The molecule has 2 unspecified atom stereocenters. The lowest BCUT2D eigenvalue weighted by Crippen LogP contribution is -2.26. The molecule has 52 valence electrons. The second kappa shape index (κ2) is 2.32. The largest absolute Gasteiger partial charge is 0.464 e. The Kier molecular flexibility index (Phi) is 0.908. The summed E-state index contributed by atoms with van der Waals surface area (Å²) in [5, 5.41) is 8.35. The zero-order valence-corrected chi connectivity index (χ0v) is 4.92. The molecule has 0 spiro atoms. The molecule has 1 N–H and O–H groups in total. The van der Waals surface area contributed by atoms with Gasteiger partial charge in [0, 0.05) is 0 Å². The van der Waals surface area contributed by atoms with Crippen LogP contribution in [0, 0.1) is 0 Å². The average Bonchev–Trinajstić information content (AvgIpc) is 2.02. The van der Waals surface area contributed by atoms with Gasteiger partial charge in [-0.3, -0.25) is 4.18 Å². The van der Waals surface area contributed by atoms with Crippen molar-refractivity contribution >= 4 is 17.4 Å². The van der Waals surface area contributed by atoms with Gasteiger partial charge >= 0.3 is 6.09 Å². The van der Waals surface area contributed by atoms with Crippen molar-refractivity contribution in [1.29, 1.82) is 0 Å². The smallest absolute Gasteiger partial charge is 0.421 e. The van der Waals surface area contributed by atoms with E-state index in [0.717, 1.165) is 0 Å². The quantitative estimate of drug-likeness (QED) is 0.514. The molecule has 2 atom stereocenters. The number of rotatable bonds is 0. The third kappa shape index (κ3) is 1.19. The number of hydrogen-bond acceptors (Lipinski definition) is 3. The highest BCUT2D eigenvalue weighted by Crippen LogP contribution is 2.05. The molecular weight excluding hydrogens is 146 g/mol. The summed E-state index contributed by atoms with van der Waals surface area (Å²) >= 11 is -2.42. The first kappa shape index (κ1) is 3.52. The van der Waals surface area contributed by atoms with E-state index in [1.807, 2.05) is 0 Å². The minimum absolute atomic E-state index is 0.0972. The van der Waals surface area contributed by atoms with Crippen LogP contribution in [0.1, 0.15) is 4.11 Å². The molecule has 0 aromatic heterocycles. The highest BCUT2D eigenvalue weighted by atomic mass is 32.2. The van der Waals surface area contributed by atoms with Crippen molar-refractivity contribution in [3.8, 4) is 0 Å². The number of carbonyl (C=O) groups is 1. The summed E-state index contributed by atoms with van der Waals surface area (Å²) in [6.07, 6.45) is -1.64. The molecule has 1 aliphatic rings. The molecule has 1 amide bonds. The third-order valence-corrected chi connectivity index (χ3v) is 1.46. The summed E-state index contributed by atoms with van der Waals surface area (Å²) < 4.78 is 35.7. The Morgan fingerprint density at radius 2 is 2.67 bits per heavy atom. The maximum Gasteiger partial charge on any atom is 0.421 e. The Bertz CT molecular complexity index is 246. The van der Waals surface area contributed by atoms with Crippen LogP contribution in [0.3, 0.4) is 0 Å². The third-order valence-electron chi connectivity index (χ3n) is 0.638. The zero-order valence-electron chi connectivity index (χ0n) is 7.10. The molecule has 0 aliphatic carbocycles. The van der Waals surface area contributed by atoms with E-state index in [4.69, 9.17) is 9.22 Å². The van der Waals surface area contributed by atoms with Gasteiger partial charge in [0.25, 0.3) is 11.3 Å². The number of amides is 1. The molecule has 1 heterocycles. The van der Waals surface area contributed by atoms with Crippen LogP contribution in [0.5, 0.6) is 0 Å². The van der Waals surface area contributed by atoms with Gasteiger partial charge in [-0.15, -0.1) is 0 Å². The monoisotopic (exact) mass is 154 g/mol. The summed E-state index contributed by atoms with van der Waals surface area (Å²) in [7, 11) is 0. The predicted molar refractivity (Wildman–Crippen MR) is 28.8 cm³/mol. The lowest BCUT2D eigenvalue weighted by molar-refractivity contribution is 0.176. The molecule has 0 aromatic carbocycles. The predicted octanol–water partition coefficient (Wildman–Crippen LogP) is -0.425. The van der Waals surface area contributed by atoms with Gasteiger partial charge in [-0.05, 0) is 0 Å². The van der Waals surface area contributed by atoms with Crippen molar-refractivity contribution in [2.45, 2.75) is 0 Å². The highest BCUT2D eigenvalue weighted by molar-refractivity contribution is 7.78. The Hall–Kier alpha value is -0.620. The highest BCUT2D eigenvalue weighted by Gasteiger charge is 2.25. The van der Waals surface area contributed by atoms with E-state index in [1.165, 1.54) is 0 Å². The molecule has 5 nitrogen and oxygen atoms in total. The van der Waals surface area contributed by atoms with E-state index in [0.29, 0.717) is 0 Å². The van der Waals surface area contributed by atoms with Crippen LogP contribution in [0.2, 0.25) is 0 Å². The fourth-order valence-electron chi connectivity index (χ4n) is 0.313.